The van der Waals surface area contributed by atoms with Gasteiger partial charge in [0.25, 0.3) is 5.91 Å². The van der Waals surface area contributed by atoms with E-state index in [0.717, 1.165) is 0 Å². The predicted octanol–water partition coefficient (Wildman–Crippen LogP) is 2.63. The van der Waals surface area contributed by atoms with E-state index in [-0.39, 0.29) is 12.1 Å². The molecule has 0 bridgehead atoms. The molecule has 1 saturated heterocycles. The van der Waals surface area contributed by atoms with Crippen LogP contribution in [-0.2, 0) is 4.79 Å². The number of alkyl halides is 3. The molecular formula is C13H13F3N2O3S. The van der Waals surface area contributed by atoms with Gasteiger partial charge < -0.3 is 10.0 Å². The number of aliphatic carboxylic acids is 1. The second kappa shape index (κ2) is 6.55. The molecule has 5 nitrogen and oxygen atoms in total. The Bertz CT molecular complexity index is 580. The van der Waals surface area contributed by atoms with Gasteiger partial charge in [0, 0.05) is 31.0 Å². The van der Waals surface area contributed by atoms with Crippen molar-refractivity contribution in [2.24, 2.45) is 5.92 Å². The number of likely N-dealkylation sites (tertiary alicyclic amines) is 1. The molecule has 0 aromatic carbocycles. The maximum atomic E-state index is 12.5. The summed E-state index contributed by atoms with van der Waals surface area (Å²) in [6.07, 6.45) is 2.14. The molecule has 1 aliphatic rings. The fraction of sp³-hybridized carbons (Fsp3) is 0.462. The van der Waals surface area contributed by atoms with Crippen LogP contribution in [0.5, 0.6) is 0 Å². The molecule has 9 heteroatoms. The summed E-state index contributed by atoms with van der Waals surface area (Å²) in [5, 5.41) is 8.59. The molecule has 0 spiro atoms. The van der Waals surface area contributed by atoms with Gasteiger partial charge in [-0.05, 0) is 25.0 Å². The van der Waals surface area contributed by atoms with Crippen LogP contribution in [0, 0.1) is 5.92 Å². The summed E-state index contributed by atoms with van der Waals surface area (Å²) in [6, 6.07) is 2.65. The molecule has 1 aliphatic heterocycles. The van der Waals surface area contributed by atoms with Crippen LogP contribution in [0.1, 0.15) is 23.2 Å². The lowest BCUT2D eigenvalue weighted by molar-refractivity contribution is -0.143. The Labute approximate surface area is 128 Å². The SMILES string of the molecule is O=C(O)C1CCCN(C(=O)c2cccnc2SC(F)(F)F)C1. The Morgan fingerprint density at radius 2 is 2.14 bits per heavy atom. The second-order valence-electron chi connectivity index (χ2n) is 4.83. The average molecular weight is 334 g/mol. The van der Waals surface area contributed by atoms with Crippen molar-refractivity contribution < 1.29 is 27.9 Å². The molecule has 1 aromatic heterocycles. The lowest BCUT2D eigenvalue weighted by Crippen LogP contribution is -2.42. The number of piperidine rings is 1. The van der Waals surface area contributed by atoms with Gasteiger partial charge >= 0.3 is 11.5 Å². The summed E-state index contributed by atoms with van der Waals surface area (Å²) in [7, 11) is 0. The first-order valence-corrected chi connectivity index (χ1v) is 7.32. The normalized spacial score (nSPS) is 19.0. The number of carbonyl (C=O) groups is 2. The first-order valence-electron chi connectivity index (χ1n) is 6.51. The molecular weight excluding hydrogens is 321 g/mol. The number of aromatic nitrogens is 1. The number of rotatable bonds is 3. The molecule has 1 aromatic rings. The third-order valence-electron chi connectivity index (χ3n) is 3.27. The Morgan fingerprint density at radius 1 is 1.41 bits per heavy atom. The third-order valence-corrected chi connectivity index (χ3v) is 4.02. The summed E-state index contributed by atoms with van der Waals surface area (Å²) in [5.41, 5.74) is -4.70. The Kier molecular flexibility index (Phi) is 4.94. The number of amides is 1. The lowest BCUT2D eigenvalue weighted by atomic mass is 9.98. The van der Waals surface area contributed by atoms with Crippen LogP contribution in [0.2, 0.25) is 0 Å². The van der Waals surface area contributed by atoms with Crippen molar-refractivity contribution >= 4 is 23.6 Å². The van der Waals surface area contributed by atoms with Crippen molar-refractivity contribution in [2.45, 2.75) is 23.4 Å². The molecule has 22 heavy (non-hydrogen) atoms. The highest BCUT2D eigenvalue weighted by atomic mass is 32.2. The predicted molar refractivity (Wildman–Crippen MR) is 72.4 cm³/mol. The Hall–Kier alpha value is -1.77. The molecule has 1 amide bonds. The minimum Gasteiger partial charge on any atom is -0.481 e. The second-order valence-corrected chi connectivity index (χ2v) is 5.89. The molecule has 2 heterocycles. The topological polar surface area (TPSA) is 70.5 Å². The fourth-order valence-electron chi connectivity index (χ4n) is 2.28. The molecule has 1 fully saturated rings. The smallest absolute Gasteiger partial charge is 0.447 e. The quantitative estimate of drug-likeness (QED) is 0.861. The highest BCUT2D eigenvalue weighted by molar-refractivity contribution is 8.00. The van der Waals surface area contributed by atoms with Gasteiger partial charge in [-0.3, -0.25) is 9.59 Å². The largest absolute Gasteiger partial charge is 0.481 e. The van der Waals surface area contributed by atoms with Gasteiger partial charge in [-0.2, -0.15) is 13.2 Å². The summed E-state index contributed by atoms with van der Waals surface area (Å²) < 4.78 is 37.5. The molecule has 1 unspecified atom stereocenters. The van der Waals surface area contributed by atoms with Crippen LogP contribution >= 0.6 is 11.8 Å². The number of pyridine rings is 1. The van der Waals surface area contributed by atoms with Crippen molar-refractivity contribution in [3.05, 3.63) is 23.9 Å². The number of hydrogen-bond donors (Lipinski definition) is 1. The molecule has 0 radical (unpaired) electrons. The van der Waals surface area contributed by atoms with E-state index in [1.807, 2.05) is 0 Å². The first kappa shape index (κ1) is 16.6. The number of thioether (sulfide) groups is 1. The van der Waals surface area contributed by atoms with E-state index < -0.39 is 40.1 Å². The van der Waals surface area contributed by atoms with Crippen molar-refractivity contribution in [3.8, 4) is 0 Å². The van der Waals surface area contributed by atoms with E-state index in [4.69, 9.17) is 5.11 Å². The summed E-state index contributed by atoms with van der Waals surface area (Å²) in [5.74, 6) is -2.31. The lowest BCUT2D eigenvalue weighted by Gasteiger charge is -2.31. The minimum absolute atomic E-state index is 0.000808. The van der Waals surface area contributed by atoms with Crippen LogP contribution in [-0.4, -0.2) is 45.5 Å². The number of hydrogen-bond acceptors (Lipinski definition) is 4. The summed E-state index contributed by atoms with van der Waals surface area (Å²) in [4.78, 5) is 28.3. The number of carboxylic acid groups (broad SMARTS) is 1. The summed E-state index contributed by atoms with van der Waals surface area (Å²) >= 11 is -0.448. The third kappa shape index (κ3) is 4.12. The van der Waals surface area contributed by atoms with Gasteiger partial charge in [0.1, 0.15) is 5.03 Å². The van der Waals surface area contributed by atoms with Crippen LogP contribution in [0.3, 0.4) is 0 Å². The number of carboxylic acids is 1. The first-order chi connectivity index (χ1) is 10.3. The monoisotopic (exact) mass is 334 g/mol. The molecule has 0 aliphatic carbocycles. The van der Waals surface area contributed by atoms with Gasteiger partial charge in [-0.15, -0.1) is 0 Å². The van der Waals surface area contributed by atoms with Crippen molar-refractivity contribution in [1.82, 2.24) is 9.88 Å². The van der Waals surface area contributed by atoms with E-state index in [2.05, 4.69) is 4.98 Å². The van der Waals surface area contributed by atoms with E-state index in [0.29, 0.717) is 19.4 Å². The van der Waals surface area contributed by atoms with Gasteiger partial charge in [0.2, 0.25) is 0 Å². The Balaban J connectivity index is 2.20. The van der Waals surface area contributed by atoms with Gasteiger partial charge in [-0.25, -0.2) is 4.98 Å². The number of halogens is 3. The molecule has 1 atom stereocenters. The van der Waals surface area contributed by atoms with Crippen LogP contribution < -0.4 is 0 Å². The zero-order valence-electron chi connectivity index (χ0n) is 11.3. The highest BCUT2D eigenvalue weighted by Crippen LogP contribution is 2.37. The molecule has 2 rings (SSSR count). The molecule has 0 saturated carbocycles. The molecule has 1 N–H and O–H groups in total. The van der Waals surface area contributed by atoms with Crippen LogP contribution in [0.4, 0.5) is 13.2 Å². The Morgan fingerprint density at radius 3 is 2.77 bits per heavy atom. The van der Waals surface area contributed by atoms with E-state index in [9.17, 15) is 22.8 Å². The standard InChI is InChI=1S/C13H13F3N2O3S/c14-13(15,16)22-10-9(4-1-5-17-10)11(19)18-6-2-3-8(7-18)12(20)21/h1,4-5,8H,2-3,6-7H2,(H,20,21). The minimum atomic E-state index is -4.55. The zero-order valence-corrected chi connectivity index (χ0v) is 12.2. The van der Waals surface area contributed by atoms with E-state index in [1.165, 1.54) is 23.2 Å². The highest BCUT2D eigenvalue weighted by Gasteiger charge is 2.34. The van der Waals surface area contributed by atoms with Crippen LogP contribution in [0.25, 0.3) is 0 Å². The average Bonchev–Trinajstić information content (AvgIpc) is 2.45. The van der Waals surface area contributed by atoms with Gasteiger partial charge in [0.05, 0.1) is 11.5 Å². The van der Waals surface area contributed by atoms with Crippen molar-refractivity contribution in [2.75, 3.05) is 13.1 Å². The van der Waals surface area contributed by atoms with E-state index >= 15 is 0 Å². The molecule has 120 valence electrons. The fourth-order valence-corrected chi connectivity index (χ4v) is 2.88. The number of carbonyl (C=O) groups excluding carboxylic acids is 1. The summed E-state index contributed by atoms with van der Waals surface area (Å²) in [6.45, 7) is 0.326. The number of nitrogens with zero attached hydrogens (tertiary/aromatic N) is 2. The maximum absolute atomic E-state index is 12.5. The van der Waals surface area contributed by atoms with Crippen molar-refractivity contribution in [1.29, 1.82) is 0 Å². The van der Waals surface area contributed by atoms with Gasteiger partial charge in [0.15, 0.2) is 0 Å². The van der Waals surface area contributed by atoms with E-state index in [1.54, 1.807) is 0 Å². The maximum Gasteiger partial charge on any atom is 0.447 e. The van der Waals surface area contributed by atoms with Gasteiger partial charge in [-0.1, -0.05) is 0 Å². The zero-order chi connectivity index (χ0) is 16.3. The van der Waals surface area contributed by atoms with Crippen LogP contribution in [0.15, 0.2) is 23.4 Å². The van der Waals surface area contributed by atoms with Crippen molar-refractivity contribution in [3.63, 3.8) is 0 Å².